The highest BCUT2D eigenvalue weighted by atomic mass is 32.2. The number of carbonyl (C=O) groups excluding carboxylic acids is 1. The molecule has 1 fully saturated rings. The lowest BCUT2D eigenvalue weighted by molar-refractivity contribution is 0.244. The molecule has 2 amide bonds. The van der Waals surface area contributed by atoms with Gasteiger partial charge in [0.25, 0.3) is 0 Å². The second-order valence-corrected chi connectivity index (χ2v) is 7.42. The Kier molecular flexibility index (Phi) is 5.45. The lowest BCUT2D eigenvalue weighted by Gasteiger charge is -2.29. The van der Waals surface area contributed by atoms with E-state index in [0.29, 0.717) is 10.4 Å². The molecule has 7 heteroatoms. The van der Waals surface area contributed by atoms with Crippen LogP contribution in [0.4, 0.5) is 9.93 Å². The first kappa shape index (κ1) is 14.6. The predicted molar refractivity (Wildman–Crippen MR) is 81.0 cm³/mol. The zero-order chi connectivity index (χ0) is 13.7. The van der Waals surface area contributed by atoms with Crippen molar-refractivity contribution in [1.29, 1.82) is 0 Å². The van der Waals surface area contributed by atoms with Crippen LogP contribution >= 0.6 is 23.1 Å². The van der Waals surface area contributed by atoms with E-state index in [2.05, 4.69) is 27.8 Å². The zero-order valence-electron chi connectivity index (χ0n) is 11.3. The molecular weight excluding hydrogens is 280 g/mol. The molecule has 1 aliphatic rings. The van der Waals surface area contributed by atoms with Gasteiger partial charge in [0.2, 0.25) is 5.13 Å². The van der Waals surface area contributed by atoms with Gasteiger partial charge in [-0.15, -0.1) is 10.2 Å². The minimum absolute atomic E-state index is 0.164. The van der Waals surface area contributed by atoms with E-state index in [4.69, 9.17) is 0 Å². The van der Waals surface area contributed by atoms with Crippen molar-refractivity contribution in [3.8, 4) is 0 Å². The molecule has 0 aromatic carbocycles. The van der Waals surface area contributed by atoms with Crippen LogP contribution in [-0.2, 0) is 0 Å². The number of carbonyl (C=O) groups is 1. The molecule has 0 bridgehead atoms. The van der Waals surface area contributed by atoms with Crippen molar-refractivity contribution in [3.05, 3.63) is 5.01 Å². The van der Waals surface area contributed by atoms with Gasteiger partial charge in [0.15, 0.2) is 0 Å². The number of nitrogens with one attached hydrogen (secondary N) is 2. The summed E-state index contributed by atoms with van der Waals surface area (Å²) in [6.07, 6.45) is 4.61. The third-order valence-corrected chi connectivity index (χ3v) is 5.10. The molecule has 5 nitrogen and oxygen atoms in total. The van der Waals surface area contributed by atoms with Gasteiger partial charge >= 0.3 is 6.03 Å². The largest absolute Gasteiger partial charge is 0.335 e. The standard InChI is InChI=1S/C12H20N4OS2/c1-3-18-10-6-4-5-9(7-10)13-11(17)14-12-16-15-8(2)19-12/h9-10H,3-7H2,1-2H3,(H2,13,14,16,17)/t9-,10-/m0/s1. The summed E-state index contributed by atoms with van der Waals surface area (Å²) in [6.45, 7) is 4.06. The number of anilines is 1. The SMILES string of the molecule is CCS[C@H]1CCC[C@H](NC(=O)Nc2nnc(C)s2)C1. The van der Waals surface area contributed by atoms with Crippen LogP contribution in [0.5, 0.6) is 0 Å². The van der Waals surface area contributed by atoms with E-state index in [1.165, 1.54) is 24.2 Å². The third-order valence-electron chi connectivity index (χ3n) is 3.11. The van der Waals surface area contributed by atoms with Gasteiger partial charge in [-0.3, -0.25) is 5.32 Å². The molecular formula is C12H20N4OS2. The number of hydrogen-bond donors (Lipinski definition) is 2. The van der Waals surface area contributed by atoms with Crippen LogP contribution in [-0.4, -0.2) is 33.3 Å². The van der Waals surface area contributed by atoms with Crippen molar-refractivity contribution in [2.24, 2.45) is 0 Å². The van der Waals surface area contributed by atoms with Gasteiger partial charge in [0, 0.05) is 11.3 Å². The Bertz CT molecular complexity index is 422. The van der Waals surface area contributed by atoms with Crippen molar-refractivity contribution in [2.45, 2.75) is 50.8 Å². The fourth-order valence-electron chi connectivity index (χ4n) is 2.33. The molecule has 2 atom stereocenters. The second kappa shape index (κ2) is 7.09. The fourth-order valence-corrected chi connectivity index (χ4v) is 4.09. The van der Waals surface area contributed by atoms with E-state index in [1.54, 1.807) is 0 Å². The molecule has 0 spiro atoms. The highest BCUT2D eigenvalue weighted by Gasteiger charge is 2.23. The Morgan fingerprint density at radius 2 is 2.32 bits per heavy atom. The Balaban J connectivity index is 1.78. The lowest BCUT2D eigenvalue weighted by Crippen LogP contribution is -2.41. The van der Waals surface area contributed by atoms with Crippen LogP contribution in [0.3, 0.4) is 0 Å². The van der Waals surface area contributed by atoms with E-state index in [9.17, 15) is 4.79 Å². The average molecular weight is 300 g/mol. The van der Waals surface area contributed by atoms with Crippen LogP contribution in [0, 0.1) is 6.92 Å². The van der Waals surface area contributed by atoms with Gasteiger partial charge < -0.3 is 5.32 Å². The smallest absolute Gasteiger partial charge is 0.321 e. The maximum atomic E-state index is 11.9. The molecule has 0 radical (unpaired) electrons. The number of aromatic nitrogens is 2. The fraction of sp³-hybridized carbons (Fsp3) is 0.750. The van der Waals surface area contributed by atoms with Gasteiger partial charge in [0.1, 0.15) is 5.01 Å². The Morgan fingerprint density at radius 1 is 1.47 bits per heavy atom. The molecule has 1 aliphatic carbocycles. The van der Waals surface area contributed by atoms with Crippen LogP contribution in [0.25, 0.3) is 0 Å². The molecule has 1 heterocycles. The minimum Gasteiger partial charge on any atom is -0.335 e. The molecule has 106 valence electrons. The minimum atomic E-state index is -0.164. The van der Waals surface area contributed by atoms with Gasteiger partial charge in [0.05, 0.1) is 0 Å². The summed E-state index contributed by atoms with van der Waals surface area (Å²) in [6, 6.07) is 0.120. The first-order valence-electron chi connectivity index (χ1n) is 6.66. The molecule has 2 N–H and O–H groups in total. The summed E-state index contributed by atoms with van der Waals surface area (Å²) >= 11 is 3.39. The normalized spacial score (nSPS) is 23.1. The molecule has 1 saturated carbocycles. The second-order valence-electron chi connectivity index (χ2n) is 4.67. The highest BCUT2D eigenvalue weighted by Crippen LogP contribution is 2.28. The predicted octanol–water partition coefficient (Wildman–Crippen LogP) is 3.03. The van der Waals surface area contributed by atoms with E-state index in [1.807, 2.05) is 18.7 Å². The number of thioether (sulfide) groups is 1. The summed E-state index contributed by atoms with van der Waals surface area (Å²) < 4.78 is 0. The number of hydrogen-bond acceptors (Lipinski definition) is 5. The summed E-state index contributed by atoms with van der Waals surface area (Å²) in [7, 11) is 0. The molecule has 1 aromatic rings. The quantitative estimate of drug-likeness (QED) is 0.897. The molecule has 1 aromatic heterocycles. The van der Waals surface area contributed by atoms with E-state index in [0.717, 1.165) is 23.6 Å². The molecule has 0 aliphatic heterocycles. The number of urea groups is 1. The van der Waals surface area contributed by atoms with E-state index < -0.39 is 0 Å². The van der Waals surface area contributed by atoms with Crippen molar-refractivity contribution < 1.29 is 4.79 Å². The molecule has 2 rings (SSSR count). The number of rotatable bonds is 4. The van der Waals surface area contributed by atoms with Crippen molar-refractivity contribution in [2.75, 3.05) is 11.1 Å². The summed E-state index contributed by atoms with van der Waals surface area (Å²) in [5.74, 6) is 1.15. The van der Waals surface area contributed by atoms with Crippen molar-refractivity contribution in [1.82, 2.24) is 15.5 Å². The van der Waals surface area contributed by atoms with Crippen LogP contribution in [0.1, 0.15) is 37.6 Å². The van der Waals surface area contributed by atoms with E-state index >= 15 is 0 Å². The first-order chi connectivity index (χ1) is 9.17. The summed E-state index contributed by atoms with van der Waals surface area (Å²) in [5, 5.41) is 15.6. The van der Waals surface area contributed by atoms with Crippen LogP contribution in [0.15, 0.2) is 0 Å². The average Bonchev–Trinajstić information content (AvgIpc) is 2.75. The summed E-state index contributed by atoms with van der Waals surface area (Å²) in [4.78, 5) is 11.9. The number of aryl methyl sites for hydroxylation is 1. The van der Waals surface area contributed by atoms with Gasteiger partial charge in [-0.1, -0.05) is 24.7 Å². The summed E-state index contributed by atoms with van der Waals surface area (Å²) in [5.41, 5.74) is 0. The van der Waals surface area contributed by atoms with Gasteiger partial charge in [-0.2, -0.15) is 11.8 Å². The zero-order valence-corrected chi connectivity index (χ0v) is 12.9. The molecule has 0 saturated heterocycles. The van der Waals surface area contributed by atoms with Gasteiger partial charge in [-0.25, -0.2) is 4.79 Å². The maximum Gasteiger partial charge on any atom is 0.321 e. The number of amides is 2. The van der Waals surface area contributed by atoms with Crippen LogP contribution in [0.2, 0.25) is 0 Å². The van der Waals surface area contributed by atoms with Crippen LogP contribution < -0.4 is 10.6 Å². The Hall–Kier alpha value is -0.820. The highest BCUT2D eigenvalue weighted by molar-refractivity contribution is 7.99. The monoisotopic (exact) mass is 300 g/mol. The molecule has 19 heavy (non-hydrogen) atoms. The maximum absolute atomic E-state index is 11.9. The third kappa shape index (κ3) is 4.65. The topological polar surface area (TPSA) is 66.9 Å². The first-order valence-corrected chi connectivity index (χ1v) is 8.53. The van der Waals surface area contributed by atoms with Crippen molar-refractivity contribution >= 4 is 34.3 Å². The number of nitrogens with zero attached hydrogens (tertiary/aromatic N) is 2. The Morgan fingerprint density at radius 3 is 3.00 bits per heavy atom. The lowest BCUT2D eigenvalue weighted by atomic mass is 9.95. The van der Waals surface area contributed by atoms with Crippen molar-refractivity contribution in [3.63, 3.8) is 0 Å². The Labute approximate surface area is 122 Å². The van der Waals surface area contributed by atoms with Gasteiger partial charge in [-0.05, 0) is 31.9 Å². The molecule has 0 unspecified atom stereocenters. The van der Waals surface area contributed by atoms with E-state index in [-0.39, 0.29) is 12.1 Å².